The summed E-state index contributed by atoms with van der Waals surface area (Å²) in [4.78, 5) is 11.5. The maximum Gasteiger partial charge on any atom is 0.0915 e. The zero-order valence-corrected chi connectivity index (χ0v) is 22.2. The number of aryl methyl sites for hydroxylation is 3. The van der Waals surface area contributed by atoms with Crippen LogP contribution in [0.1, 0.15) is 62.1 Å². The van der Waals surface area contributed by atoms with E-state index in [1.165, 1.54) is 48.3 Å². The summed E-state index contributed by atoms with van der Waals surface area (Å²) >= 11 is 3.86. The second kappa shape index (κ2) is 11.1. The van der Waals surface area contributed by atoms with Crippen molar-refractivity contribution in [1.82, 2.24) is 0 Å². The molecule has 3 aromatic rings. The topological polar surface area (TPSA) is 15.6 Å². The molecule has 0 saturated heterocycles. The van der Waals surface area contributed by atoms with E-state index in [1.54, 1.807) is 0 Å². The molecule has 0 amide bonds. The number of allylic oxidation sites excluding steroid dienone is 1. The van der Waals surface area contributed by atoms with Gasteiger partial charge < -0.3 is 4.90 Å². The van der Waals surface area contributed by atoms with E-state index in [0.29, 0.717) is 0 Å². The quantitative estimate of drug-likeness (QED) is 0.288. The highest BCUT2D eigenvalue weighted by Gasteiger charge is 2.17. The number of benzene rings is 1. The van der Waals surface area contributed by atoms with Crippen molar-refractivity contribution in [3.8, 4) is 9.75 Å². The summed E-state index contributed by atoms with van der Waals surface area (Å²) in [5.41, 5.74) is 7.41. The minimum absolute atomic E-state index is 1.05. The Hall–Kier alpha value is -2.17. The predicted molar refractivity (Wildman–Crippen MR) is 148 cm³/mol. The first-order valence-corrected chi connectivity index (χ1v) is 13.2. The van der Waals surface area contributed by atoms with Crippen molar-refractivity contribution in [2.24, 2.45) is 4.99 Å². The van der Waals surface area contributed by atoms with Crippen molar-refractivity contribution < 1.29 is 0 Å². The van der Waals surface area contributed by atoms with E-state index in [1.807, 2.05) is 22.7 Å². The molecule has 3 rings (SSSR count). The lowest BCUT2D eigenvalue weighted by Gasteiger charge is -2.15. The second-order valence-electron chi connectivity index (χ2n) is 8.58. The minimum Gasteiger partial charge on any atom is -0.367 e. The molecule has 0 N–H and O–H groups in total. The average molecular weight is 465 g/mol. The Morgan fingerprint density at radius 2 is 1.72 bits per heavy atom. The first kappa shape index (κ1) is 24.5. The van der Waals surface area contributed by atoms with E-state index >= 15 is 0 Å². The van der Waals surface area contributed by atoms with E-state index in [0.717, 1.165) is 30.8 Å². The summed E-state index contributed by atoms with van der Waals surface area (Å²) in [5, 5.41) is 1.37. The molecule has 0 bridgehead atoms. The predicted octanol–water partition coefficient (Wildman–Crippen LogP) is 9.09. The van der Waals surface area contributed by atoms with E-state index in [9.17, 15) is 0 Å². The van der Waals surface area contributed by atoms with E-state index in [4.69, 9.17) is 4.99 Å². The monoisotopic (exact) mass is 464 g/mol. The maximum absolute atomic E-state index is 4.88. The Kier molecular flexibility index (Phi) is 8.50. The lowest BCUT2D eigenvalue weighted by atomic mass is 10.1. The molecule has 0 fully saturated rings. The van der Waals surface area contributed by atoms with Crippen molar-refractivity contribution in [3.05, 3.63) is 63.5 Å². The van der Waals surface area contributed by atoms with Crippen LogP contribution in [0.2, 0.25) is 0 Å². The standard InChI is InChI=1S/C28H36N2S2/c1-8-12-23-18-24(16-20(4)22(6)29-25-14-11-10-13-19(25)3)31-28(23)27-21(5)17-26(32-27)30(7)15-9-2/h10-11,13-14,16-18H,8-9,12,15H2,1-7H3/b20-16+,29-22+. The molecule has 170 valence electrons. The maximum atomic E-state index is 4.88. The van der Waals surface area contributed by atoms with Crippen LogP contribution >= 0.6 is 22.7 Å². The van der Waals surface area contributed by atoms with Gasteiger partial charge in [0.25, 0.3) is 0 Å². The number of hydrogen-bond donors (Lipinski definition) is 0. The second-order valence-corrected chi connectivity index (χ2v) is 10.7. The minimum atomic E-state index is 1.05. The molecule has 2 heterocycles. The third-order valence-electron chi connectivity index (χ3n) is 5.73. The number of anilines is 1. The highest BCUT2D eigenvalue weighted by Crippen LogP contribution is 2.43. The molecule has 0 unspecified atom stereocenters. The summed E-state index contributed by atoms with van der Waals surface area (Å²) in [5.74, 6) is 0. The van der Waals surface area contributed by atoms with Gasteiger partial charge in [0.05, 0.1) is 10.7 Å². The number of thiophene rings is 2. The SMILES string of the molecule is CCCc1cc(/C=C(C)/C(C)=N/c2ccccc2C)sc1-c1sc(N(C)CCC)cc1C. The van der Waals surface area contributed by atoms with Crippen LogP contribution in [-0.4, -0.2) is 19.3 Å². The Morgan fingerprint density at radius 3 is 2.41 bits per heavy atom. The van der Waals surface area contributed by atoms with Gasteiger partial charge in [0, 0.05) is 33.9 Å². The Labute approximate surface area is 202 Å². The van der Waals surface area contributed by atoms with Crippen LogP contribution in [-0.2, 0) is 6.42 Å². The number of para-hydroxylation sites is 1. The smallest absolute Gasteiger partial charge is 0.0915 e. The number of hydrogen-bond acceptors (Lipinski definition) is 4. The highest BCUT2D eigenvalue weighted by atomic mass is 32.1. The van der Waals surface area contributed by atoms with Crippen LogP contribution < -0.4 is 4.90 Å². The largest absolute Gasteiger partial charge is 0.367 e. The fourth-order valence-corrected chi connectivity index (χ4v) is 6.37. The molecule has 32 heavy (non-hydrogen) atoms. The molecule has 0 saturated carbocycles. The van der Waals surface area contributed by atoms with E-state index < -0.39 is 0 Å². The van der Waals surface area contributed by atoms with Gasteiger partial charge in [0.2, 0.25) is 0 Å². The lowest BCUT2D eigenvalue weighted by molar-refractivity contribution is 0.859. The van der Waals surface area contributed by atoms with Gasteiger partial charge in [0.15, 0.2) is 0 Å². The van der Waals surface area contributed by atoms with Gasteiger partial charge in [-0.25, -0.2) is 0 Å². The van der Waals surface area contributed by atoms with Crippen LogP contribution in [0.15, 0.2) is 47.0 Å². The first-order chi connectivity index (χ1) is 15.3. The Bertz CT molecular complexity index is 1110. The van der Waals surface area contributed by atoms with E-state index in [2.05, 4.69) is 96.0 Å². The molecule has 0 radical (unpaired) electrons. The van der Waals surface area contributed by atoms with Crippen molar-refractivity contribution in [2.45, 2.75) is 60.8 Å². The lowest BCUT2D eigenvalue weighted by Crippen LogP contribution is -2.16. The summed E-state index contributed by atoms with van der Waals surface area (Å²) in [7, 11) is 2.20. The summed E-state index contributed by atoms with van der Waals surface area (Å²) in [6.45, 7) is 14.2. The number of nitrogens with zero attached hydrogens (tertiary/aromatic N) is 2. The molecular formula is C28H36N2S2. The first-order valence-electron chi connectivity index (χ1n) is 11.6. The highest BCUT2D eigenvalue weighted by molar-refractivity contribution is 7.24. The summed E-state index contributed by atoms with van der Waals surface area (Å²) in [6, 6.07) is 13.1. The molecule has 2 nitrogen and oxygen atoms in total. The summed E-state index contributed by atoms with van der Waals surface area (Å²) in [6.07, 6.45) is 5.75. The fourth-order valence-electron chi connectivity index (χ4n) is 3.77. The molecule has 0 spiro atoms. The third kappa shape index (κ3) is 5.79. The normalized spacial score (nSPS) is 12.5. The molecule has 2 aromatic heterocycles. The molecule has 4 heteroatoms. The van der Waals surface area contributed by atoms with Crippen molar-refractivity contribution in [2.75, 3.05) is 18.5 Å². The molecule has 0 aliphatic heterocycles. The van der Waals surface area contributed by atoms with Gasteiger partial charge in [-0.2, -0.15) is 0 Å². The fraction of sp³-hybridized carbons (Fsp3) is 0.393. The average Bonchev–Trinajstić information content (AvgIpc) is 3.33. The molecule has 0 aliphatic rings. The van der Waals surface area contributed by atoms with Gasteiger partial charge in [-0.05, 0) is 87.1 Å². The van der Waals surface area contributed by atoms with Gasteiger partial charge in [0.1, 0.15) is 0 Å². The van der Waals surface area contributed by atoms with Crippen LogP contribution in [0.25, 0.3) is 15.8 Å². The van der Waals surface area contributed by atoms with Gasteiger partial charge in [-0.1, -0.05) is 38.5 Å². The van der Waals surface area contributed by atoms with Crippen molar-refractivity contribution in [1.29, 1.82) is 0 Å². The van der Waals surface area contributed by atoms with Crippen LogP contribution in [0, 0.1) is 13.8 Å². The van der Waals surface area contributed by atoms with E-state index in [-0.39, 0.29) is 0 Å². The van der Waals surface area contributed by atoms with Crippen molar-refractivity contribution in [3.63, 3.8) is 0 Å². The molecule has 0 aliphatic carbocycles. The zero-order chi connectivity index (χ0) is 23.3. The zero-order valence-electron chi connectivity index (χ0n) is 20.6. The molecular weight excluding hydrogens is 428 g/mol. The number of aliphatic imine (C=N–C) groups is 1. The molecule has 0 atom stereocenters. The Morgan fingerprint density at radius 1 is 0.969 bits per heavy atom. The summed E-state index contributed by atoms with van der Waals surface area (Å²) < 4.78 is 0. The van der Waals surface area contributed by atoms with Gasteiger partial charge in [-0.15, -0.1) is 22.7 Å². The third-order valence-corrected chi connectivity index (χ3v) is 8.37. The van der Waals surface area contributed by atoms with Crippen molar-refractivity contribution >= 4 is 45.1 Å². The van der Waals surface area contributed by atoms with Crippen LogP contribution in [0.4, 0.5) is 10.7 Å². The van der Waals surface area contributed by atoms with Gasteiger partial charge >= 0.3 is 0 Å². The van der Waals surface area contributed by atoms with Crippen LogP contribution in [0.3, 0.4) is 0 Å². The number of rotatable bonds is 9. The van der Waals surface area contributed by atoms with Crippen LogP contribution in [0.5, 0.6) is 0 Å². The Balaban J connectivity index is 1.95. The van der Waals surface area contributed by atoms with Gasteiger partial charge in [-0.3, -0.25) is 4.99 Å². The molecule has 1 aromatic carbocycles.